The van der Waals surface area contributed by atoms with E-state index in [0.29, 0.717) is 0 Å². The number of aryl methyl sites for hydroxylation is 1. The first kappa shape index (κ1) is 12.2. The zero-order chi connectivity index (χ0) is 11.1. The van der Waals surface area contributed by atoms with E-state index in [9.17, 15) is 0 Å². The fraction of sp³-hybridized carbons (Fsp3) is 0.538. The Labute approximate surface area is 92.3 Å². The van der Waals surface area contributed by atoms with Gasteiger partial charge in [-0.3, -0.25) is 0 Å². The van der Waals surface area contributed by atoms with Gasteiger partial charge >= 0.3 is 0 Å². The first-order valence-corrected chi connectivity index (χ1v) is 5.68. The first-order chi connectivity index (χ1) is 7.31. The van der Waals surface area contributed by atoms with Crippen LogP contribution in [0, 0.1) is 0 Å². The molecule has 0 saturated heterocycles. The van der Waals surface area contributed by atoms with E-state index in [1.807, 2.05) is 7.05 Å². The van der Waals surface area contributed by atoms with Crippen LogP contribution < -0.4 is 5.32 Å². The van der Waals surface area contributed by atoms with Gasteiger partial charge in [0.2, 0.25) is 0 Å². The third kappa shape index (κ3) is 3.65. The SMILES string of the molecule is CCCCc1ccc(C(CO)NC)cc1. The lowest BCUT2D eigenvalue weighted by Gasteiger charge is -2.13. The van der Waals surface area contributed by atoms with Crippen molar-refractivity contribution in [3.63, 3.8) is 0 Å². The molecule has 1 rings (SSSR count). The van der Waals surface area contributed by atoms with Crippen molar-refractivity contribution in [3.05, 3.63) is 35.4 Å². The molecule has 0 aliphatic heterocycles. The Bertz CT molecular complexity index is 264. The van der Waals surface area contributed by atoms with Crippen molar-refractivity contribution in [2.75, 3.05) is 13.7 Å². The summed E-state index contributed by atoms with van der Waals surface area (Å²) in [6.07, 6.45) is 3.63. The Morgan fingerprint density at radius 3 is 2.40 bits per heavy atom. The van der Waals surface area contributed by atoms with Crippen molar-refractivity contribution in [2.45, 2.75) is 32.2 Å². The van der Waals surface area contributed by atoms with Crippen molar-refractivity contribution in [1.82, 2.24) is 5.32 Å². The summed E-state index contributed by atoms with van der Waals surface area (Å²) in [5.74, 6) is 0. The van der Waals surface area contributed by atoms with Gasteiger partial charge < -0.3 is 10.4 Å². The van der Waals surface area contributed by atoms with Crippen molar-refractivity contribution < 1.29 is 5.11 Å². The number of aliphatic hydroxyl groups is 1. The van der Waals surface area contributed by atoms with Crippen LogP contribution in [0.4, 0.5) is 0 Å². The molecule has 2 N–H and O–H groups in total. The van der Waals surface area contributed by atoms with Gasteiger partial charge in [-0.05, 0) is 31.0 Å². The molecule has 1 aromatic carbocycles. The molecule has 0 amide bonds. The summed E-state index contributed by atoms with van der Waals surface area (Å²) in [6, 6.07) is 8.58. The number of hydrogen-bond acceptors (Lipinski definition) is 2. The highest BCUT2D eigenvalue weighted by Gasteiger charge is 2.06. The summed E-state index contributed by atoms with van der Waals surface area (Å²) in [6.45, 7) is 2.35. The predicted octanol–water partition coefficient (Wildman–Crippen LogP) is 2.28. The summed E-state index contributed by atoms with van der Waals surface area (Å²) in [7, 11) is 1.87. The van der Waals surface area contributed by atoms with E-state index in [0.717, 1.165) is 12.0 Å². The topological polar surface area (TPSA) is 32.3 Å². The van der Waals surface area contributed by atoms with Gasteiger partial charge in [-0.25, -0.2) is 0 Å². The van der Waals surface area contributed by atoms with Gasteiger partial charge in [0, 0.05) is 0 Å². The van der Waals surface area contributed by atoms with E-state index in [1.165, 1.54) is 18.4 Å². The number of benzene rings is 1. The Morgan fingerprint density at radius 2 is 1.93 bits per heavy atom. The van der Waals surface area contributed by atoms with E-state index >= 15 is 0 Å². The van der Waals surface area contributed by atoms with Gasteiger partial charge in [-0.15, -0.1) is 0 Å². The van der Waals surface area contributed by atoms with Crippen LogP contribution in [0.25, 0.3) is 0 Å². The molecule has 1 unspecified atom stereocenters. The van der Waals surface area contributed by atoms with Gasteiger partial charge in [0.05, 0.1) is 12.6 Å². The average Bonchev–Trinajstić information content (AvgIpc) is 2.29. The highest BCUT2D eigenvalue weighted by molar-refractivity contribution is 5.25. The van der Waals surface area contributed by atoms with Crippen LogP contribution in [0.15, 0.2) is 24.3 Å². The monoisotopic (exact) mass is 207 g/mol. The number of rotatable bonds is 6. The molecule has 2 nitrogen and oxygen atoms in total. The summed E-state index contributed by atoms with van der Waals surface area (Å²) in [5.41, 5.74) is 2.54. The van der Waals surface area contributed by atoms with Gasteiger partial charge in [-0.1, -0.05) is 37.6 Å². The third-order valence-electron chi connectivity index (χ3n) is 2.73. The Hall–Kier alpha value is -0.860. The minimum Gasteiger partial charge on any atom is -0.394 e. The van der Waals surface area contributed by atoms with E-state index in [1.54, 1.807) is 0 Å². The number of likely N-dealkylation sites (N-methyl/N-ethyl adjacent to an activating group) is 1. The van der Waals surface area contributed by atoms with Crippen LogP contribution in [0.2, 0.25) is 0 Å². The summed E-state index contributed by atoms with van der Waals surface area (Å²) in [5, 5.41) is 12.2. The molecule has 1 atom stereocenters. The van der Waals surface area contributed by atoms with Crippen molar-refractivity contribution in [3.8, 4) is 0 Å². The fourth-order valence-corrected chi connectivity index (χ4v) is 1.66. The molecule has 15 heavy (non-hydrogen) atoms. The highest BCUT2D eigenvalue weighted by Crippen LogP contribution is 2.14. The zero-order valence-electron chi connectivity index (χ0n) is 9.66. The molecule has 0 fully saturated rings. The summed E-state index contributed by atoms with van der Waals surface area (Å²) in [4.78, 5) is 0. The number of hydrogen-bond donors (Lipinski definition) is 2. The van der Waals surface area contributed by atoms with E-state index < -0.39 is 0 Å². The maximum absolute atomic E-state index is 9.13. The van der Waals surface area contributed by atoms with Crippen LogP contribution in [0.5, 0.6) is 0 Å². The maximum atomic E-state index is 9.13. The molecular formula is C13H21NO. The first-order valence-electron chi connectivity index (χ1n) is 5.68. The van der Waals surface area contributed by atoms with Crippen molar-refractivity contribution >= 4 is 0 Å². The number of unbranched alkanes of at least 4 members (excludes halogenated alkanes) is 1. The predicted molar refractivity (Wildman–Crippen MR) is 63.9 cm³/mol. The van der Waals surface area contributed by atoms with Gasteiger partial charge in [0.25, 0.3) is 0 Å². The Morgan fingerprint density at radius 1 is 1.27 bits per heavy atom. The molecular weight excluding hydrogens is 186 g/mol. The second kappa shape index (κ2) is 6.59. The van der Waals surface area contributed by atoms with E-state index in [4.69, 9.17) is 5.11 Å². The van der Waals surface area contributed by atoms with Crippen LogP contribution in [0.1, 0.15) is 36.9 Å². The molecule has 0 aromatic heterocycles. The minimum absolute atomic E-state index is 0.0604. The molecule has 0 heterocycles. The molecule has 0 aliphatic rings. The Balaban J connectivity index is 2.62. The third-order valence-corrected chi connectivity index (χ3v) is 2.73. The van der Waals surface area contributed by atoms with Gasteiger partial charge in [0.1, 0.15) is 0 Å². The zero-order valence-corrected chi connectivity index (χ0v) is 9.66. The van der Waals surface area contributed by atoms with Crippen molar-refractivity contribution in [1.29, 1.82) is 0 Å². The molecule has 0 radical (unpaired) electrons. The summed E-state index contributed by atoms with van der Waals surface area (Å²) >= 11 is 0. The quantitative estimate of drug-likeness (QED) is 0.750. The van der Waals surface area contributed by atoms with E-state index in [2.05, 4.69) is 36.5 Å². The Kier molecular flexibility index (Phi) is 5.37. The van der Waals surface area contributed by atoms with Gasteiger partial charge in [-0.2, -0.15) is 0 Å². The smallest absolute Gasteiger partial charge is 0.0626 e. The van der Waals surface area contributed by atoms with Crippen LogP contribution in [0.3, 0.4) is 0 Å². The van der Waals surface area contributed by atoms with Crippen LogP contribution in [-0.4, -0.2) is 18.8 Å². The molecule has 84 valence electrons. The lowest BCUT2D eigenvalue weighted by Crippen LogP contribution is -2.19. The molecule has 2 heteroatoms. The fourth-order valence-electron chi connectivity index (χ4n) is 1.66. The highest BCUT2D eigenvalue weighted by atomic mass is 16.3. The molecule has 1 aromatic rings. The molecule has 0 aliphatic carbocycles. The van der Waals surface area contributed by atoms with Gasteiger partial charge in [0.15, 0.2) is 0 Å². The minimum atomic E-state index is 0.0604. The van der Waals surface area contributed by atoms with Crippen LogP contribution >= 0.6 is 0 Å². The lowest BCUT2D eigenvalue weighted by molar-refractivity contribution is 0.251. The second-order valence-corrected chi connectivity index (χ2v) is 3.87. The standard InChI is InChI=1S/C13H21NO/c1-3-4-5-11-6-8-12(9-7-11)13(10-15)14-2/h6-9,13-15H,3-5,10H2,1-2H3. The number of nitrogens with one attached hydrogen (secondary N) is 1. The molecule has 0 saturated carbocycles. The normalized spacial score (nSPS) is 12.7. The second-order valence-electron chi connectivity index (χ2n) is 3.87. The largest absolute Gasteiger partial charge is 0.394 e. The summed E-state index contributed by atoms with van der Waals surface area (Å²) < 4.78 is 0. The molecule has 0 bridgehead atoms. The lowest BCUT2D eigenvalue weighted by atomic mass is 10.0. The average molecular weight is 207 g/mol. The maximum Gasteiger partial charge on any atom is 0.0626 e. The van der Waals surface area contributed by atoms with Crippen LogP contribution in [-0.2, 0) is 6.42 Å². The van der Waals surface area contributed by atoms with Crippen molar-refractivity contribution in [2.24, 2.45) is 0 Å². The number of aliphatic hydroxyl groups excluding tert-OH is 1. The van der Waals surface area contributed by atoms with E-state index in [-0.39, 0.29) is 12.6 Å². The molecule has 0 spiro atoms.